The molecule has 1 saturated heterocycles. The lowest BCUT2D eigenvalue weighted by Crippen LogP contribution is -2.47. The summed E-state index contributed by atoms with van der Waals surface area (Å²) in [5.41, 5.74) is 0.358. The van der Waals surface area contributed by atoms with Gasteiger partial charge in [0.15, 0.2) is 14.6 Å². The van der Waals surface area contributed by atoms with E-state index in [1.807, 2.05) is 37.3 Å². The number of aliphatic carboxylic acids is 1. The van der Waals surface area contributed by atoms with E-state index >= 15 is 0 Å². The number of ether oxygens (including phenoxy) is 2. The Morgan fingerprint density at radius 1 is 1.33 bits per heavy atom. The van der Waals surface area contributed by atoms with Gasteiger partial charge in [-0.2, -0.15) is 0 Å². The molecule has 1 fully saturated rings. The Morgan fingerprint density at radius 3 is 2.43 bits per heavy atom. The lowest BCUT2D eigenvalue weighted by Gasteiger charge is -2.41. The molecule has 0 saturated carbocycles. The number of benzene rings is 1. The molecule has 2 rings (SSSR count). The third-order valence-corrected chi connectivity index (χ3v) is 11.2. The van der Waals surface area contributed by atoms with Crippen LogP contribution in [-0.2, 0) is 18.7 Å². The molecule has 5 nitrogen and oxygen atoms in total. The van der Waals surface area contributed by atoms with Crippen LogP contribution in [0.3, 0.4) is 0 Å². The summed E-state index contributed by atoms with van der Waals surface area (Å²) in [6.07, 6.45) is 1.83. The fraction of sp³-hybridized carbons (Fsp3) is 0.625. The zero-order valence-corrected chi connectivity index (χ0v) is 20.5. The summed E-state index contributed by atoms with van der Waals surface area (Å²) < 4.78 is 19.0. The van der Waals surface area contributed by atoms with E-state index in [0.717, 1.165) is 5.56 Å². The van der Waals surface area contributed by atoms with E-state index in [-0.39, 0.29) is 17.2 Å². The van der Waals surface area contributed by atoms with Gasteiger partial charge < -0.3 is 19.0 Å². The van der Waals surface area contributed by atoms with Gasteiger partial charge in [-0.05, 0) is 44.8 Å². The Labute approximate surface area is 182 Å². The zero-order valence-electron chi connectivity index (χ0n) is 19.5. The second-order valence-corrected chi connectivity index (χ2v) is 14.8. The highest BCUT2D eigenvalue weighted by Gasteiger charge is 2.47. The van der Waals surface area contributed by atoms with E-state index in [2.05, 4.69) is 40.4 Å². The quantitative estimate of drug-likeness (QED) is 0.385. The number of carboxylic acid groups (broad SMARTS) is 1. The first-order valence-corrected chi connectivity index (χ1v) is 13.6. The van der Waals surface area contributed by atoms with Gasteiger partial charge in [0.2, 0.25) is 0 Å². The van der Waals surface area contributed by atoms with Crippen LogP contribution in [0.1, 0.15) is 59.3 Å². The van der Waals surface area contributed by atoms with Gasteiger partial charge in [-0.15, -0.1) is 6.58 Å². The second kappa shape index (κ2) is 9.35. The Bertz CT molecular complexity index is 727. The van der Waals surface area contributed by atoms with E-state index < -0.39 is 32.1 Å². The second-order valence-electron chi connectivity index (χ2n) is 10.0. The molecule has 1 aromatic rings. The van der Waals surface area contributed by atoms with Crippen molar-refractivity contribution in [3.05, 3.63) is 48.6 Å². The molecule has 0 aromatic heterocycles. The molecule has 1 aliphatic heterocycles. The third kappa shape index (κ3) is 5.61. The lowest BCUT2D eigenvalue weighted by molar-refractivity contribution is -0.145. The summed E-state index contributed by atoms with van der Waals surface area (Å²) in [5, 5.41) is 9.66. The summed E-state index contributed by atoms with van der Waals surface area (Å²) >= 11 is 0. The van der Waals surface area contributed by atoms with Crippen molar-refractivity contribution in [1.29, 1.82) is 0 Å². The average Bonchev–Trinajstić information content (AvgIpc) is 3.01. The molecular weight excluding hydrogens is 396 g/mol. The van der Waals surface area contributed by atoms with Crippen molar-refractivity contribution in [3.63, 3.8) is 0 Å². The van der Waals surface area contributed by atoms with Crippen molar-refractivity contribution >= 4 is 14.3 Å². The molecule has 1 unspecified atom stereocenters. The lowest BCUT2D eigenvalue weighted by atomic mass is 9.89. The minimum atomic E-state index is -2.12. The first-order chi connectivity index (χ1) is 13.8. The molecule has 1 aromatic carbocycles. The Balaban J connectivity index is 2.17. The van der Waals surface area contributed by atoms with Crippen molar-refractivity contribution in [2.75, 3.05) is 0 Å². The molecule has 30 heavy (non-hydrogen) atoms. The molecule has 0 bridgehead atoms. The van der Waals surface area contributed by atoms with Crippen molar-refractivity contribution < 1.29 is 23.8 Å². The number of carbonyl (C=O) groups is 1. The predicted octanol–water partition coefficient (Wildman–Crippen LogP) is 5.94. The van der Waals surface area contributed by atoms with E-state index in [1.54, 1.807) is 13.0 Å². The Hall–Kier alpha value is -1.47. The van der Waals surface area contributed by atoms with E-state index in [4.69, 9.17) is 13.9 Å². The van der Waals surface area contributed by atoms with Gasteiger partial charge in [0, 0.05) is 5.56 Å². The van der Waals surface area contributed by atoms with Crippen LogP contribution in [0.25, 0.3) is 0 Å². The summed E-state index contributed by atoms with van der Waals surface area (Å²) in [6.45, 7) is 18.5. The van der Waals surface area contributed by atoms with Gasteiger partial charge >= 0.3 is 5.97 Å². The van der Waals surface area contributed by atoms with Gasteiger partial charge in [-0.1, -0.05) is 57.2 Å². The maximum absolute atomic E-state index is 11.8. The molecule has 1 N–H and O–H groups in total. The molecule has 168 valence electrons. The molecule has 6 heteroatoms. The van der Waals surface area contributed by atoms with Gasteiger partial charge in [-0.3, -0.25) is 4.79 Å². The van der Waals surface area contributed by atoms with Crippen LogP contribution < -0.4 is 0 Å². The monoisotopic (exact) mass is 434 g/mol. The third-order valence-electron chi connectivity index (χ3n) is 6.66. The SMILES string of the molecule is C=C[C@@H]1O[C@H](c2ccccc2)O[C@]1(C)CC[C@@H](O[Si](C)(C)C(C)(C)C)C(C)C(=O)O. The van der Waals surface area contributed by atoms with Crippen molar-refractivity contribution in [1.82, 2.24) is 0 Å². The van der Waals surface area contributed by atoms with Crippen LogP contribution in [0.5, 0.6) is 0 Å². The fourth-order valence-electron chi connectivity index (χ4n) is 3.43. The van der Waals surface area contributed by atoms with E-state index in [9.17, 15) is 9.90 Å². The van der Waals surface area contributed by atoms with Gasteiger partial charge in [-0.25, -0.2) is 0 Å². The molecule has 1 aliphatic rings. The van der Waals surface area contributed by atoms with Crippen molar-refractivity contribution in [3.8, 4) is 0 Å². The smallest absolute Gasteiger partial charge is 0.308 e. The number of rotatable bonds is 9. The number of hydrogen-bond acceptors (Lipinski definition) is 4. The Kier molecular flexibility index (Phi) is 7.72. The average molecular weight is 435 g/mol. The van der Waals surface area contributed by atoms with Gasteiger partial charge in [0.05, 0.1) is 17.6 Å². The van der Waals surface area contributed by atoms with E-state index in [0.29, 0.717) is 12.8 Å². The molecule has 0 aliphatic carbocycles. The molecule has 0 radical (unpaired) electrons. The van der Waals surface area contributed by atoms with E-state index in [1.165, 1.54) is 0 Å². The van der Waals surface area contributed by atoms with Crippen LogP contribution >= 0.6 is 0 Å². The van der Waals surface area contributed by atoms with Crippen molar-refractivity contribution in [2.45, 2.75) is 89.7 Å². The fourth-order valence-corrected chi connectivity index (χ4v) is 4.87. The van der Waals surface area contributed by atoms with Crippen LogP contribution in [-0.4, -0.2) is 37.2 Å². The largest absolute Gasteiger partial charge is 0.481 e. The highest BCUT2D eigenvalue weighted by atomic mass is 28.4. The molecule has 0 amide bonds. The minimum absolute atomic E-state index is 0.00238. The van der Waals surface area contributed by atoms with Gasteiger partial charge in [0.1, 0.15) is 6.10 Å². The number of carboxylic acids is 1. The summed E-state index contributed by atoms with van der Waals surface area (Å²) in [7, 11) is -2.12. The highest BCUT2D eigenvalue weighted by Crippen LogP contribution is 2.43. The molecule has 1 heterocycles. The predicted molar refractivity (Wildman–Crippen MR) is 122 cm³/mol. The maximum Gasteiger partial charge on any atom is 0.308 e. The first-order valence-electron chi connectivity index (χ1n) is 10.7. The van der Waals surface area contributed by atoms with Crippen LogP contribution in [0.2, 0.25) is 18.1 Å². The maximum atomic E-state index is 11.8. The summed E-state index contributed by atoms with van der Waals surface area (Å²) in [4.78, 5) is 11.8. The van der Waals surface area contributed by atoms with Crippen LogP contribution in [0.15, 0.2) is 43.0 Å². The standard InChI is InChI=1S/C24H38O5Si/c1-9-20-24(6,28-22(27-20)18-13-11-10-12-14-18)16-15-19(17(2)21(25)26)29-30(7,8)23(3,4)5/h9-14,17,19-20,22H,1,15-16H2,2-8H3,(H,25,26)/t17?,19-,20+,22+,24-/m1/s1. The van der Waals surface area contributed by atoms with Crippen molar-refractivity contribution in [2.24, 2.45) is 5.92 Å². The minimum Gasteiger partial charge on any atom is -0.481 e. The van der Waals surface area contributed by atoms with Crippen LogP contribution in [0.4, 0.5) is 0 Å². The number of hydrogen-bond donors (Lipinski definition) is 1. The zero-order chi connectivity index (χ0) is 22.7. The summed E-state index contributed by atoms with van der Waals surface area (Å²) in [5.74, 6) is -1.44. The first kappa shape index (κ1) is 24.8. The molecular formula is C24H38O5Si. The topological polar surface area (TPSA) is 65.0 Å². The normalized spacial score (nSPS) is 26.9. The van der Waals surface area contributed by atoms with Crippen LogP contribution in [0, 0.1) is 5.92 Å². The highest BCUT2D eigenvalue weighted by molar-refractivity contribution is 6.74. The van der Waals surface area contributed by atoms with Gasteiger partial charge in [0.25, 0.3) is 0 Å². The summed E-state index contributed by atoms with van der Waals surface area (Å²) in [6, 6.07) is 9.83. The Morgan fingerprint density at radius 2 is 1.93 bits per heavy atom. The molecule has 0 spiro atoms. The molecule has 5 atom stereocenters.